The molecule has 0 bridgehead atoms. The van der Waals surface area contributed by atoms with Crippen molar-refractivity contribution >= 4 is 28.8 Å². The minimum absolute atomic E-state index is 0.147. The van der Waals surface area contributed by atoms with Gasteiger partial charge in [-0.05, 0) is 42.2 Å². The molecule has 2 aromatic rings. The zero-order valence-corrected chi connectivity index (χ0v) is 19.1. The number of aliphatic imine (C=N–C) groups is 1. The Hall–Kier alpha value is -3.06. The molecule has 168 valence electrons. The number of benzene rings is 1. The number of carbonyl (C=O) groups is 2. The van der Waals surface area contributed by atoms with E-state index in [2.05, 4.69) is 50.2 Å². The Kier molecular flexibility index (Phi) is 6.65. The summed E-state index contributed by atoms with van der Waals surface area (Å²) in [6.07, 6.45) is 1.94. The van der Waals surface area contributed by atoms with Gasteiger partial charge in [0, 0.05) is 46.2 Å². The minimum atomic E-state index is -0.153. The van der Waals surface area contributed by atoms with Gasteiger partial charge in [-0.2, -0.15) is 0 Å². The van der Waals surface area contributed by atoms with Crippen LogP contribution in [0.3, 0.4) is 0 Å². The molecule has 0 unspecified atom stereocenters. The normalized spacial score (nSPS) is 16.5. The molecule has 2 aliphatic rings. The molecule has 32 heavy (non-hydrogen) atoms. The Morgan fingerprint density at radius 3 is 2.53 bits per heavy atom. The van der Waals surface area contributed by atoms with Gasteiger partial charge in [0.15, 0.2) is 5.78 Å². The van der Waals surface area contributed by atoms with E-state index in [1.807, 2.05) is 13.0 Å². The Morgan fingerprint density at radius 1 is 1.06 bits per heavy atom. The van der Waals surface area contributed by atoms with Gasteiger partial charge < -0.3 is 10.2 Å². The van der Waals surface area contributed by atoms with E-state index >= 15 is 0 Å². The fourth-order valence-electron chi connectivity index (χ4n) is 4.45. The van der Waals surface area contributed by atoms with E-state index in [0.29, 0.717) is 24.2 Å². The first-order valence-corrected chi connectivity index (χ1v) is 11.4. The van der Waals surface area contributed by atoms with Crippen LogP contribution in [0.25, 0.3) is 0 Å². The smallest absolute Gasteiger partial charge is 0.269 e. The largest absolute Gasteiger partial charge is 0.367 e. The molecule has 7 heteroatoms. The van der Waals surface area contributed by atoms with Crippen LogP contribution in [0.4, 0.5) is 11.4 Å². The predicted molar refractivity (Wildman–Crippen MR) is 127 cm³/mol. The second-order valence-electron chi connectivity index (χ2n) is 8.33. The van der Waals surface area contributed by atoms with E-state index in [0.717, 1.165) is 61.8 Å². The molecule has 3 heterocycles. The van der Waals surface area contributed by atoms with E-state index in [-0.39, 0.29) is 11.7 Å². The molecule has 1 aromatic carbocycles. The number of hydrogen-bond donors (Lipinski definition) is 1. The van der Waals surface area contributed by atoms with E-state index in [4.69, 9.17) is 0 Å². The maximum absolute atomic E-state index is 12.2. The average molecular weight is 434 g/mol. The molecule has 7 nitrogen and oxygen atoms in total. The Balaban J connectivity index is 1.40. The number of carbonyl (C=O) groups excluding carboxylic acids is 2. The van der Waals surface area contributed by atoms with Crippen molar-refractivity contribution in [2.24, 2.45) is 4.99 Å². The van der Waals surface area contributed by atoms with Gasteiger partial charge in [-0.1, -0.05) is 26.0 Å². The molecule has 0 radical (unpaired) electrons. The van der Waals surface area contributed by atoms with Gasteiger partial charge >= 0.3 is 0 Å². The number of amides is 1. The number of nitrogens with zero attached hydrogens (tertiary/aromatic N) is 4. The lowest BCUT2D eigenvalue weighted by molar-refractivity contribution is -0.112. The number of aryl methyl sites for hydroxylation is 1. The number of rotatable bonds is 6. The molecule has 2 aliphatic heterocycles. The Labute approximate surface area is 189 Å². The van der Waals surface area contributed by atoms with E-state index in [1.54, 1.807) is 13.1 Å². The molecule has 0 atom stereocenters. The van der Waals surface area contributed by atoms with Crippen LogP contribution in [-0.2, 0) is 24.2 Å². The third-order valence-corrected chi connectivity index (χ3v) is 6.27. The summed E-state index contributed by atoms with van der Waals surface area (Å²) in [7, 11) is 1.62. The number of ketones is 1. The Bertz CT molecular complexity index is 1050. The van der Waals surface area contributed by atoms with Crippen molar-refractivity contribution in [2.45, 2.75) is 39.7 Å². The molecule has 1 fully saturated rings. The number of anilines is 1. The first kappa shape index (κ1) is 22.1. The van der Waals surface area contributed by atoms with Gasteiger partial charge in [0.1, 0.15) is 5.69 Å². The fourth-order valence-corrected chi connectivity index (χ4v) is 4.45. The van der Waals surface area contributed by atoms with Crippen LogP contribution in [0.5, 0.6) is 0 Å². The lowest BCUT2D eigenvalue weighted by atomic mass is 9.97. The first-order chi connectivity index (χ1) is 15.5. The van der Waals surface area contributed by atoms with Crippen LogP contribution in [-0.4, -0.2) is 60.5 Å². The fraction of sp³-hybridized carbons (Fsp3) is 0.440. The van der Waals surface area contributed by atoms with Crippen LogP contribution < -0.4 is 10.2 Å². The molecular weight excluding hydrogens is 402 g/mol. The molecule has 1 N–H and O–H groups in total. The second-order valence-corrected chi connectivity index (χ2v) is 8.33. The highest BCUT2D eigenvalue weighted by Gasteiger charge is 2.22. The first-order valence-electron chi connectivity index (χ1n) is 11.4. The van der Waals surface area contributed by atoms with Gasteiger partial charge in [-0.3, -0.25) is 14.5 Å². The van der Waals surface area contributed by atoms with Crippen molar-refractivity contribution < 1.29 is 9.59 Å². The highest BCUT2D eigenvalue weighted by Crippen LogP contribution is 2.27. The summed E-state index contributed by atoms with van der Waals surface area (Å²) in [5.74, 6) is -0.00651. The van der Waals surface area contributed by atoms with Crippen LogP contribution in [0, 0.1) is 0 Å². The number of Topliss-reactive ketones (excluding diaryl/α,β-unsaturated/α-hetero) is 1. The molecule has 1 saturated heterocycles. The maximum Gasteiger partial charge on any atom is 0.269 e. The monoisotopic (exact) mass is 433 g/mol. The quantitative estimate of drug-likeness (QED) is 0.758. The van der Waals surface area contributed by atoms with Crippen molar-refractivity contribution in [1.29, 1.82) is 0 Å². The van der Waals surface area contributed by atoms with Crippen LogP contribution >= 0.6 is 0 Å². The third kappa shape index (κ3) is 4.58. The molecule has 0 saturated carbocycles. The van der Waals surface area contributed by atoms with Crippen molar-refractivity contribution in [1.82, 2.24) is 15.2 Å². The van der Waals surface area contributed by atoms with Crippen molar-refractivity contribution in [3.05, 3.63) is 52.8 Å². The number of piperazine rings is 1. The summed E-state index contributed by atoms with van der Waals surface area (Å²) in [6, 6.07) is 10.2. The summed E-state index contributed by atoms with van der Waals surface area (Å²) in [4.78, 5) is 38.0. The zero-order valence-electron chi connectivity index (χ0n) is 19.1. The molecule has 4 rings (SSSR count). The van der Waals surface area contributed by atoms with Crippen molar-refractivity contribution in [3.63, 3.8) is 0 Å². The lowest BCUT2D eigenvalue weighted by Crippen LogP contribution is -2.46. The van der Waals surface area contributed by atoms with Gasteiger partial charge in [-0.25, -0.2) is 9.98 Å². The van der Waals surface area contributed by atoms with E-state index in [9.17, 15) is 9.59 Å². The second kappa shape index (κ2) is 9.61. The van der Waals surface area contributed by atoms with Gasteiger partial charge in [-0.15, -0.1) is 0 Å². The molecule has 0 aliphatic carbocycles. The van der Waals surface area contributed by atoms with Gasteiger partial charge in [0.05, 0.1) is 22.8 Å². The molecular formula is C25H31N5O2. The molecule has 0 spiro atoms. The number of aromatic nitrogens is 1. The summed E-state index contributed by atoms with van der Waals surface area (Å²) < 4.78 is 0. The zero-order chi connectivity index (χ0) is 22.7. The van der Waals surface area contributed by atoms with Gasteiger partial charge in [0.2, 0.25) is 0 Å². The number of hydrogen-bond acceptors (Lipinski definition) is 6. The minimum Gasteiger partial charge on any atom is -0.367 e. The molecule has 1 amide bonds. The lowest BCUT2D eigenvalue weighted by Gasteiger charge is -2.37. The summed E-state index contributed by atoms with van der Waals surface area (Å²) in [5.41, 5.74) is 6.44. The highest BCUT2D eigenvalue weighted by molar-refractivity contribution is 6.41. The van der Waals surface area contributed by atoms with Gasteiger partial charge in [0.25, 0.3) is 5.91 Å². The topological polar surface area (TPSA) is 77.9 Å². The van der Waals surface area contributed by atoms with Crippen LogP contribution in [0.15, 0.2) is 35.3 Å². The predicted octanol–water partition coefficient (Wildman–Crippen LogP) is 2.93. The average Bonchev–Trinajstić information content (AvgIpc) is 2.83. The summed E-state index contributed by atoms with van der Waals surface area (Å²) in [6.45, 7) is 8.66. The van der Waals surface area contributed by atoms with E-state index < -0.39 is 0 Å². The standard InChI is InChI=1S/C25H31N5O2/c1-4-19-23(9-8-22(27-19)25(32)26-3)30-12-10-29(11-13-30)16-17-6-7-21-18(14-17)15-24(31)20(5-2)28-21/h6-9,14H,4-5,10-13,15-16H2,1-3H3,(H,26,32). The van der Waals surface area contributed by atoms with Crippen LogP contribution in [0.2, 0.25) is 0 Å². The number of nitrogens with one attached hydrogen (secondary N) is 1. The van der Waals surface area contributed by atoms with Crippen molar-refractivity contribution in [2.75, 3.05) is 38.1 Å². The van der Waals surface area contributed by atoms with E-state index in [1.165, 1.54) is 5.56 Å². The van der Waals surface area contributed by atoms with Crippen molar-refractivity contribution in [3.8, 4) is 0 Å². The third-order valence-electron chi connectivity index (χ3n) is 6.27. The molecule has 1 aromatic heterocycles. The maximum atomic E-state index is 12.2. The summed E-state index contributed by atoms with van der Waals surface area (Å²) >= 11 is 0. The highest BCUT2D eigenvalue weighted by atomic mass is 16.1. The SMILES string of the molecule is CCC1=Nc2ccc(CN3CCN(c4ccc(C(=O)NC)nc4CC)CC3)cc2CC1=O. The Morgan fingerprint density at radius 2 is 1.84 bits per heavy atom. The van der Waals surface area contributed by atoms with Crippen LogP contribution in [0.1, 0.15) is 47.6 Å². The number of fused-ring (bicyclic) bond motifs is 1. The number of pyridine rings is 1. The summed E-state index contributed by atoms with van der Waals surface area (Å²) in [5, 5.41) is 2.64.